The van der Waals surface area contributed by atoms with E-state index in [0.717, 1.165) is 48.5 Å². The van der Waals surface area contributed by atoms with E-state index in [9.17, 15) is 9.18 Å². The number of carbonyl (C=O) groups excluding carboxylic acids is 1. The number of anilines is 1. The maximum absolute atomic E-state index is 13.2. The number of amides is 1. The molecule has 1 amide bonds. The van der Waals surface area contributed by atoms with Crippen molar-refractivity contribution >= 4 is 22.4 Å². The van der Waals surface area contributed by atoms with Gasteiger partial charge in [0.25, 0.3) is 0 Å². The number of rotatable bonds is 5. The molecule has 1 N–H and O–H groups in total. The van der Waals surface area contributed by atoms with Crippen LogP contribution in [0.25, 0.3) is 11.3 Å². The van der Waals surface area contributed by atoms with E-state index in [1.165, 1.54) is 23.5 Å². The summed E-state index contributed by atoms with van der Waals surface area (Å²) in [5.41, 5.74) is 1.31. The van der Waals surface area contributed by atoms with Gasteiger partial charge in [0.2, 0.25) is 5.91 Å². The molecule has 2 unspecified atom stereocenters. The van der Waals surface area contributed by atoms with Crippen molar-refractivity contribution in [3.63, 3.8) is 0 Å². The number of nitrogens with zero attached hydrogens (tertiary/aromatic N) is 2. The average molecular weight is 420 g/mol. The van der Waals surface area contributed by atoms with Gasteiger partial charge in [-0.05, 0) is 50.5 Å². The molecule has 2 atom stereocenters. The summed E-state index contributed by atoms with van der Waals surface area (Å²) >= 11 is 1.43. The molecule has 3 heterocycles. The van der Waals surface area contributed by atoms with E-state index < -0.39 is 0 Å². The minimum Gasteiger partial charge on any atom is -0.378 e. The first-order chi connectivity index (χ1) is 14.0. The van der Waals surface area contributed by atoms with E-state index in [4.69, 9.17) is 9.47 Å². The van der Waals surface area contributed by atoms with Crippen molar-refractivity contribution in [1.82, 2.24) is 9.88 Å². The maximum atomic E-state index is 13.2. The lowest BCUT2D eigenvalue weighted by Crippen LogP contribution is -2.58. The zero-order chi connectivity index (χ0) is 20.4. The molecule has 1 aromatic carbocycles. The molecule has 2 saturated heterocycles. The van der Waals surface area contributed by atoms with Gasteiger partial charge in [0.15, 0.2) is 5.13 Å². The molecular weight excluding hydrogens is 393 g/mol. The first kappa shape index (κ1) is 20.4. The Kier molecular flexibility index (Phi) is 5.96. The van der Waals surface area contributed by atoms with Crippen molar-refractivity contribution in [3.05, 3.63) is 35.0 Å². The third kappa shape index (κ3) is 4.35. The van der Waals surface area contributed by atoms with Crippen LogP contribution in [0.15, 0.2) is 24.3 Å². The van der Waals surface area contributed by atoms with Gasteiger partial charge in [-0.2, -0.15) is 0 Å². The maximum Gasteiger partial charge on any atom is 0.240 e. The molecule has 0 aliphatic carbocycles. The monoisotopic (exact) mass is 419 g/mol. The fourth-order valence-corrected chi connectivity index (χ4v) is 5.23. The second-order valence-electron chi connectivity index (χ2n) is 7.72. The average Bonchev–Trinajstić information content (AvgIpc) is 3.29. The van der Waals surface area contributed by atoms with Gasteiger partial charge in [0.05, 0.1) is 18.3 Å². The van der Waals surface area contributed by atoms with Crippen molar-refractivity contribution < 1.29 is 18.7 Å². The highest BCUT2D eigenvalue weighted by atomic mass is 32.1. The number of aryl methyl sites for hydroxylation is 1. The number of thiazole rings is 1. The summed E-state index contributed by atoms with van der Waals surface area (Å²) in [4.78, 5) is 20.3. The van der Waals surface area contributed by atoms with E-state index in [1.54, 1.807) is 19.2 Å². The molecule has 2 fully saturated rings. The molecule has 8 heteroatoms. The molecule has 4 rings (SSSR count). The summed E-state index contributed by atoms with van der Waals surface area (Å²) in [5.74, 6) is -0.371. The van der Waals surface area contributed by atoms with Gasteiger partial charge >= 0.3 is 0 Å². The largest absolute Gasteiger partial charge is 0.378 e. The number of hydrogen-bond donors (Lipinski definition) is 1. The van der Waals surface area contributed by atoms with Crippen LogP contribution in [0.5, 0.6) is 0 Å². The van der Waals surface area contributed by atoms with Crippen molar-refractivity contribution in [2.75, 3.05) is 38.7 Å². The number of methoxy groups -OCH3 is 1. The van der Waals surface area contributed by atoms with Crippen molar-refractivity contribution in [2.45, 2.75) is 37.9 Å². The van der Waals surface area contributed by atoms with Crippen LogP contribution < -0.4 is 5.32 Å². The van der Waals surface area contributed by atoms with Crippen LogP contribution in [0.4, 0.5) is 9.52 Å². The van der Waals surface area contributed by atoms with Gasteiger partial charge in [0, 0.05) is 37.2 Å². The molecule has 0 saturated carbocycles. The van der Waals surface area contributed by atoms with Crippen LogP contribution in [0.1, 0.15) is 24.1 Å². The third-order valence-corrected chi connectivity index (χ3v) is 6.62. The standard InChI is InChI=1S/C21H26FN3O3S/c1-14-19(15-4-6-16(22)7-5-15)24-20(29-14)23-18(26)12-25-10-8-17(27-2)21(13-25)9-3-11-28-21/h4-7,17H,3,8-13H2,1-2H3,(H,23,24,26). The molecule has 0 bridgehead atoms. The summed E-state index contributed by atoms with van der Waals surface area (Å²) < 4.78 is 24.9. The Hall–Kier alpha value is -1.87. The molecular formula is C21H26FN3O3S. The Balaban J connectivity index is 1.39. The molecule has 6 nitrogen and oxygen atoms in total. The van der Waals surface area contributed by atoms with Crippen LogP contribution in [0.3, 0.4) is 0 Å². The van der Waals surface area contributed by atoms with Gasteiger partial charge in [-0.25, -0.2) is 9.37 Å². The van der Waals surface area contributed by atoms with Crippen molar-refractivity contribution in [3.8, 4) is 11.3 Å². The van der Waals surface area contributed by atoms with E-state index in [0.29, 0.717) is 18.2 Å². The highest BCUT2D eigenvalue weighted by molar-refractivity contribution is 7.16. The summed E-state index contributed by atoms with van der Waals surface area (Å²) in [6, 6.07) is 6.22. The predicted octanol–water partition coefficient (Wildman–Crippen LogP) is 3.47. The number of aromatic nitrogens is 1. The van der Waals surface area contributed by atoms with Crippen molar-refractivity contribution in [1.29, 1.82) is 0 Å². The first-order valence-electron chi connectivity index (χ1n) is 9.91. The summed E-state index contributed by atoms with van der Waals surface area (Å²) in [5, 5.41) is 3.48. The zero-order valence-electron chi connectivity index (χ0n) is 16.7. The molecule has 2 aliphatic rings. The van der Waals surface area contributed by atoms with Crippen LogP contribution in [0.2, 0.25) is 0 Å². The lowest BCUT2D eigenvalue weighted by Gasteiger charge is -2.44. The number of halogens is 1. The summed E-state index contributed by atoms with van der Waals surface area (Å²) in [6.07, 6.45) is 2.94. The van der Waals surface area contributed by atoms with Gasteiger partial charge < -0.3 is 14.8 Å². The quantitative estimate of drug-likeness (QED) is 0.804. The number of likely N-dealkylation sites (tertiary alicyclic amines) is 1. The fourth-order valence-electron chi connectivity index (χ4n) is 4.37. The normalized spacial score (nSPS) is 24.9. The number of nitrogens with one attached hydrogen (secondary N) is 1. The molecule has 29 heavy (non-hydrogen) atoms. The third-order valence-electron chi connectivity index (χ3n) is 5.73. The van der Waals surface area contributed by atoms with E-state index >= 15 is 0 Å². The lowest BCUT2D eigenvalue weighted by atomic mass is 9.87. The molecule has 0 radical (unpaired) electrons. The Morgan fingerprint density at radius 3 is 2.93 bits per heavy atom. The highest BCUT2D eigenvalue weighted by Crippen LogP contribution is 2.36. The molecule has 2 aliphatic heterocycles. The number of piperidine rings is 1. The van der Waals surface area contributed by atoms with Crippen molar-refractivity contribution in [2.24, 2.45) is 0 Å². The molecule has 156 valence electrons. The summed E-state index contributed by atoms with van der Waals surface area (Å²) in [7, 11) is 1.74. The number of hydrogen-bond acceptors (Lipinski definition) is 6. The number of benzene rings is 1. The highest BCUT2D eigenvalue weighted by Gasteiger charge is 2.47. The second-order valence-corrected chi connectivity index (χ2v) is 8.92. The fraction of sp³-hybridized carbons (Fsp3) is 0.524. The Morgan fingerprint density at radius 2 is 2.24 bits per heavy atom. The van der Waals surface area contributed by atoms with Gasteiger partial charge in [-0.3, -0.25) is 9.69 Å². The first-order valence-corrected chi connectivity index (χ1v) is 10.7. The van der Waals surface area contributed by atoms with E-state index in [1.807, 2.05) is 6.92 Å². The van der Waals surface area contributed by atoms with Gasteiger partial charge in [-0.1, -0.05) is 0 Å². The smallest absolute Gasteiger partial charge is 0.240 e. The number of ether oxygens (including phenoxy) is 2. The number of carbonyl (C=O) groups is 1. The SMILES string of the molecule is COC1CCN(CC(=O)Nc2nc(-c3ccc(F)cc3)c(C)s2)CC12CCCO2. The minimum atomic E-state index is -0.291. The topological polar surface area (TPSA) is 63.7 Å². The minimum absolute atomic E-state index is 0.0872. The van der Waals surface area contributed by atoms with E-state index in [-0.39, 0.29) is 23.4 Å². The summed E-state index contributed by atoms with van der Waals surface area (Å²) in [6.45, 7) is 4.50. The Labute approximate surface area is 174 Å². The predicted molar refractivity (Wildman–Crippen MR) is 111 cm³/mol. The van der Waals surface area contributed by atoms with Crippen LogP contribution in [-0.4, -0.2) is 60.8 Å². The molecule has 2 aromatic rings. The van der Waals surface area contributed by atoms with Gasteiger partial charge in [-0.15, -0.1) is 11.3 Å². The lowest BCUT2D eigenvalue weighted by molar-refractivity contribution is -0.146. The second kappa shape index (κ2) is 8.47. The molecule has 1 spiro atoms. The van der Waals surface area contributed by atoms with Crippen LogP contribution >= 0.6 is 11.3 Å². The van der Waals surface area contributed by atoms with E-state index in [2.05, 4.69) is 15.2 Å². The Morgan fingerprint density at radius 1 is 1.45 bits per heavy atom. The molecule has 1 aromatic heterocycles. The van der Waals surface area contributed by atoms with Crippen LogP contribution in [0, 0.1) is 12.7 Å². The van der Waals surface area contributed by atoms with Gasteiger partial charge in [0.1, 0.15) is 11.4 Å². The van der Waals surface area contributed by atoms with Crippen LogP contribution in [-0.2, 0) is 14.3 Å². The Bertz CT molecular complexity index is 865. The zero-order valence-corrected chi connectivity index (χ0v) is 17.6.